The fraction of sp³-hybridized carbons (Fsp3) is 0.812. The number of carbonyl (C=O) groups excluding carboxylic acids is 2. The number of carboxylic acid groups (broad SMARTS) is 1. The van der Waals surface area contributed by atoms with Crippen molar-refractivity contribution in [3.63, 3.8) is 0 Å². The van der Waals surface area contributed by atoms with Gasteiger partial charge in [-0.3, -0.25) is 9.59 Å². The lowest BCUT2D eigenvalue weighted by atomic mass is 9.80. The maximum atomic E-state index is 12.3. The number of hydrogen-bond acceptors (Lipinski definition) is 3. The van der Waals surface area contributed by atoms with Gasteiger partial charge in [0, 0.05) is 13.5 Å². The first kappa shape index (κ1) is 18.5. The van der Waals surface area contributed by atoms with Gasteiger partial charge in [-0.25, -0.2) is 4.79 Å². The number of amides is 2. The molecule has 6 nitrogen and oxygen atoms in total. The summed E-state index contributed by atoms with van der Waals surface area (Å²) in [7, 11) is 1.53. The van der Waals surface area contributed by atoms with E-state index in [4.69, 9.17) is 0 Å². The SMILES string of the molecule is CN(C(=O)CNC(=O)CC(C)(C)C)C1(C(=O)O)CCCCC1. The van der Waals surface area contributed by atoms with Gasteiger partial charge >= 0.3 is 5.97 Å². The lowest BCUT2D eigenvalue weighted by Gasteiger charge is -2.41. The molecule has 0 heterocycles. The van der Waals surface area contributed by atoms with Crippen LogP contribution in [0.15, 0.2) is 0 Å². The molecule has 0 radical (unpaired) electrons. The van der Waals surface area contributed by atoms with Gasteiger partial charge in [-0.1, -0.05) is 40.0 Å². The molecule has 0 saturated heterocycles. The maximum absolute atomic E-state index is 12.3. The highest BCUT2D eigenvalue weighted by atomic mass is 16.4. The molecule has 22 heavy (non-hydrogen) atoms. The summed E-state index contributed by atoms with van der Waals surface area (Å²) in [6, 6.07) is 0. The van der Waals surface area contributed by atoms with E-state index < -0.39 is 11.5 Å². The number of rotatable bonds is 5. The minimum atomic E-state index is -1.12. The molecule has 0 spiro atoms. The van der Waals surface area contributed by atoms with Crippen molar-refractivity contribution in [2.75, 3.05) is 13.6 Å². The molecule has 1 aliphatic rings. The molecule has 0 atom stereocenters. The summed E-state index contributed by atoms with van der Waals surface area (Å²) in [5.41, 5.74) is -1.27. The summed E-state index contributed by atoms with van der Waals surface area (Å²) in [4.78, 5) is 37.0. The van der Waals surface area contributed by atoms with Crippen molar-refractivity contribution >= 4 is 17.8 Å². The molecule has 0 unspecified atom stereocenters. The van der Waals surface area contributed by atoms with Crippen LogP contribution in [0.25, 0.3) is 0 Å². The minimum Gasteiger partial charge on any atom is -0.479 e. The first-order valence-corrected chi connectivity index (χ1v) is 7.85. The zero-order valence-electron chi connectivity index (χ0n) is 14.1. The molecule has 1 saturated carbocycles. The fourth-order valence-electron chi connectivity index (χ4n) is 2.91. The van der Waals surface area contributed by atoms with Crippen molar-refractivity contribution in [3.05, 3.63) is 0 Å². The molecule has 1 rings (SSSR count). The molecule has 0 aromatic rings. The molecular formula is C16H28N2O4. The summed E-state index contributed by atoms with van der Waals surface area (Å²) in [6.45, 7) is 5.69. The topological polar surface area (TPSA) is 86.7 Å². The second-order valence-corrected chi connectivity index (χ2v) is 7.36. The summed E-state index contributed by atoms with van der Waals surface area (Å²) in [6.07, 6.45) is 3.88. The van der Waals surface area contributed by atoms with E-state index >= 15 is 0 Å². The molecule has 126 valence electrons. The van der Waals surface area contributed by atoms with E-state index in [1.807, 2.05) is 20.8 Å². The van der Waals surface area contributed by atoms with E-state index in [2.05, 4.69) is 5.32 Å². The Labute approximate surface area is 132 Å². The Bertz CT molecular complexity index is 434. The van der Waals surface area contributed by atoms with Crippen molar-refractivity contribution in [2.45, 2.75) is 64.8 Å². The van der Waals surface area contributed by atoms with E-state index in [1.54, 1.807) is 0 Å². The highest BCUT2D eigenvalue weighted by Gasteiger charge is 2.45. The first-order valence-electron chi connectivity index (χ1n) is 7.85. The average molecular weight is 312 g/mol. The van der Waals surface area contributed by atoms with Crippen LogP contribution in [0, 0.1) is 5.41 Å². The highest BCUT2D eigenvalue weighted by Crippen LogP contribution is 2.33. The molecule has 0 bridgehead atoms. The number of hydrogen-bond donors (Lipinski definition) is 2. The quantitative estimate of drug-likeness (QED) is 0.810. The second-order valence-electron chi connectivity index (χ2n) is 7.36. The number of nitrogens with one attached hydrogen (secondary N) is 1. The Balaban J connectivity index is 2.63. The van der Waals surface area contributed by atoms with E-state index in [1.165, 1.54) is 11.9 Å². The van der Waals surface area contributed by atoms with Crippen molar-refractivity contribution < 1.29 is 19.5 Å². The fourth-order valence-corrected chi connectivity index (χ4v) is 2.91. The third-order valence-electron chi connectivity index (χ3n) is 4.22. The van der Waals surface area contributed by atoms with E-state index in [-0.39, 0.29) is 23.8 Å². The number of aliphatic carboxylic acids is 1. The van der Waals surface area contributed by atoms with Gasteiger partial charge < -0.3 is 15.3 Å². The van der Waals surface area contributed by atoms with Crippen molar-refractivity contribution in [3.8, 4) is 0 Å². The van der Waals surface area contributed by atoms with Gasteiger partial charge in [-0.15, -0.1) is 0 Å². The van der Waals surface area contributed by atoms with Crippen LogP contribution in [0.1, 0.15) is 59.3 Å². The van der Waals surface area contributed by atoms with E-state index in [9.17, 15) is 19.5 Å². The van der Waals surface area contributed by atoms with Gasteiger partial charge in [0.1, 0.15) is 5.54 Å². The largest absolute Gasteiger partial charge is 0.479 e. The molecule has 0 aromatic heterocycles. The molecule has 0 aliphatic heterocycles. The van der Waals surface area contributed by atoms with Crippen LogP contribution >= 0.6 is 0 Å². The van der Waals surface area contributed by atoms with Crippen LogP contribution in [0.5, 0.6) is 0 Å². The van der Waals surface area contributed by atoms with Crippen LogP contribution in [0.2, 0.25) is 0 Å². The van der Waals surface area contributed by atoms with Gasteiger partial charge in [0.15, 0.2) is 0 Å². The van der Waals surface area contributed by atoms with E-state index in [0.29, 0.717) is 19.3 Å². The predicted octanol–water partition coefficient (Wildman–Crippen LogP) is 1.78. The van der Waals surface area contributed by atoms with Crippen LogP contribution in [-0.2, 0) is 14.4 Å². The zero-order chi connectivity index (χ0) is 17.0. The van der Waals surface area contributed by atoms with Crippen molar-refractivity contribution in [1.82, 2.24) is 10.2 Å². The Kier molecular flexibility index (Phi) is 5.97. The molecular weight excluding hydrogens is 284 g/mol. The Morgan fingerprint density at radius 2 is 1.68 bits per heavy atom. The molecule has 1 fully saturated rings. The smallest absolute Gasteiger partial charge is 0.329 e. The standard InChI is InChI=1S/C16H28N2O4/c1-15(2,3)10-12(19)17-11-13(20)18(4)16(14(21)22)8-6-5-7-9-16/h5-11H2,1-4H3,(H,17,19)(H,21,22). The first-order chi connectivity index (χ1) is 10.1. The molecule has 6 heteroatoms. The third kappa shape index (κ3) is 4.71. The minimum absolute atomic E-state index is 0.148. The van der Waals surface area contributed by atoms with Gasteiger partial charge in [0.2, 0.25) is 11.8 Å². The number of nitrogens with zero attached hydrogens (tertiary/aromatic N) is 1. The average Bonchev–Trinajstić information content (AvgIpc) is 2.42. The highest BCUT2D eigenvalue weighted by molar-refractivity contribution is 5.90. The summed E-state index contributed by atoms with van der Waals surface area (Å²) >= 11 is 0. The zero-order valence-corrected chi connectivity index (χ0v) is 14.1. The predicted molar refractivity (Wildman–Crippen MR) is 83.3 cm³/mol. The van der Waals surface area contributed by atoms with Crippen LogP contribution < -0.4 is 5.32 Å². The normalized spacial score (nSPS) is 17.6. The van der Waals surface area contributed by atoms with Crippen LogP contribution in [-0.4, -0.2) is 46.9 Å². The Morgan fingerprint density at radius 3 is 2.14 bits per heavy atom. The lowest BCUT2D eigenvalue weighted by molar-refractivity contribution is -0.160. The molecule has 1 aliphatic carbocycles. The van der Waals surface area contributed by atoms with Crippen LogP contribution in [0.3, 0.4) is 0 Å². The summed E-state index contributed by atoms with van der Waals surface area (Å²) in [5.74, 6) is -1.50. The maximum Gasteiger partial charge on any atom is 0.329 e. The summed E-state index contributed by atoms with van der Waals surface area (Å²) < 4.78 is 0. The van der Waals surface area contributed by atoms with Crippen molar-refractivity contribution in [2.24, 2.45) is 5.41 Å². The lowest BCUT2D eigenvalue weighted by Crippen LogP contribution is -2.58. The number of likely N-dealkylation sites (N-methyl/N-ethyl adjacent to an activating group) is 1. The van der Waals surface area contributed by atoms with Gasteiger partial charge in [0.05, 0.1) is 6.54 Å². The van der Waals surface area contributed by atoms with Gasteiger partial charge in [0.25, 0.3) is 0 Å². The van der Waals surface area contributed by atoms with Gasteiger partial charge in [-0.05, 0) is 18.3 Å². The monoisotopic (exact) mass is 312 g/mol. The summed E-state index contributed by atoms with van der Waals surface area (Å²) in [5, 5.41) is 12.1. The number of carbonyl (C=O) groups is 3. The van der Waals surface area contributed by atoms with Crippen LogP contribution in [0.4, 0.5) is 0 Å². The molecule has 0 aromatic carbocycles. The Morgan fingerprint density at radius 1 is 1.14 bits per heavy atom. The van der Waals surface area contributed by atoms with Gasteiger partial charge in [-0.2, -0.15) is 0 Å². The second kappa shape index (κ2) is 7.11. The van der Waals surface area contributed by atoms with Crippen molar-refractivity contribution in [1.29, 1.82) is 0 Å². The molecule has 2 amide bonds. The van der Waals surface area contributed by atoms with E-state index in [0.717, 1.165) is 19.3 Å². The Hall–Kier alpha value is -1.59. The molecule has 2 N–H and O–H groups in total. The third-order valence-corrected chi connectivity index (χ3v) is 4.22. The number of carboxylic acids is 1.